The van der Waals surface area contributed by atoms with E-state index in [0.717, 1.165) is 5.92 Å². The van der Waals surface area contributed by atoms with Crippen LogP contribution in [0.5, 0.6) is 0 Å². The van der Waals surface area contributed by atoms with Crippen LogP contribution in [0.25, 0.3) is 0 Å². The topological polar surface area (TPSA) is 0 Å². The first kappa shape index (κ1) is 9.51. The van der Waals surface area contributed by atoms with E-state index < -0.39 is 0 Å². The molecule has 0 amide bonds. The number of fused-ring (bicyclic) bond motifs is 1. The first-order valence-electron chi connectivity index (χ1n) is 5.45. The molecule has 0 unspecified atom stereocenters. The van der Waals surface area contributed by atoms with E-state index in [-0.39, 0.29) is 0 Å². The number of rotatable bonds is 1. The van der Waals surface area contributed by atoms with Gasteiger partial charge in [-0.3, -0.25) is 0 Å². The van der Waals surface area contributed by atoms with Crippen LogP contribution in [0.4, 0.5) is 0 Å². The molecule has 0 saturated heterocycles. The third-order valence-electron chi connectivity index (χ3n) is 3.37. The lowest BCUT2D eigenvalue weighted by Crippen LogP contribution is -2.11. The van der Waals surface area contributed by atoms with Gasteiger partial charge >= 0.3 is 0 Å². The number of aryl methyl sites for hydroxylation is 1. The van der Waals surface area contributed by atoms with Gasteiger partial charge < -0.3 is 0 Å². The van der Waals surface area contributed by atoms with Gasteiger partial charge in [0.05, 0.1) is 0 Å². The molecular formula is C14H18. The Labute approximate surface area is 86.7 Å². The summed E-state index contributed by atoms with van der Waals surface area (Å²) >= 11 is 0. The van der Waals surface area contributed by atoms with Crippen molar-refractivity contribution < 1.29 is 0 Å². The Morgan fingerprint density at radius 1 is 1.29 bits per heavy atom. The monoisotopic (exact) mass is 186 g/mol. The van der Waals surface area contributed by atoms with Crippen LogP contribution in [0.2, 0.25) is 0 Å². The molecular weight excluding hydrogens is 168 g/mol. The number of hydrogen-bond donors (Lipinski definition) is 0. The Hall–Kier alpha value is -1.04. The molecule has 0 aliphatic heterocycles. The molecule has 2 rings (SSSR count). The van der Waals surface area contributed by atoms with E-state index in [1.165, 1.54) is 29.5 Å². The van der Waals surface area contributed by atoms with Gasteiger partial charge in [0.2, 0.25) is 0 Å². The molecule has 1 aliphatic carbocycles. The summed E-state index contributed by atoms with van der Waals surface area (Å²) in [6, 6.07) is 6.85. The maximum Gasteiger partial charge on any atom is 0.00184 e. The van der Waals surface area contributed by atoms with E-state index >= 15 is 0 Å². The molecule has 1 aromatic carbocycles. The van der Waals surface area contributed by atoms with E-state index in [2.05, 4.69) is 44.7 Å². The predicted molar refractivity (Wildman–Crippen MR) is 61.8 cm³/mol. The molecule has 0 N–H and O–H groups in total. The summed E-state index contributed by atoms with van der Waals surface area (Å²) in [6.07, 6.45) is 4.66. The fourth-order valence-corrected chi connectivity index (χ4v) is 2.45. The molecule has 74 valence electrons. The van der Waals surface area contributed by atoms with Crippen molar-refractivity contribution in [3.8, 4) is 0 Å². The minimum Gasteiger partial charge on any atom is -0.102 e. The predicted octanol–water partition coefficient (Wildman–Crippen LogP) is 4.16. The van der Waals surface area contributed by atoms with Gasteiger partial charge in [-0.1, -0.05) is 36.8 Å². The fourth-order valence-electron chi connectivity index (χ4n) is 2.45. The van der Waals surface area contributed by atoms with E-state index in [9.17, 15) is 0 Å². The third kappa shape index (κ3) is 1.50. The highest BCUT2D eigenvalue weighted by molar-refractivity contribution is 5.40. The molecule has 0 heteroatoms. The molecule has 14 heavy (non-hydrogen) atoms. The molecule has 0 fully saturated rings. The summed E-state index contributed by atoms with van der Waals surface area (Å²) in [5, 5.41) is 0. The average Bonchev–Trinajstić information content (AvgIpc) is 2.18. The van der Waals surface area contributed by atoms with E-state index in [0.29, 0.717) is 5.92 Å². The van der Waals surface area contributed by atoms with Gasteiger partial charge in [-0.2, -0.15) is 0 Å². The van der Waals surface area contributed by atoms with Crippen LogP contribution in [-0.4, -0.2) is 0 Å². The van der Waals surface area contributed by atoms with Crippen molar-refractivity contribution >= 4 is 0 Å². The van der Waals surface area contributed by atoms with Crippen molar-refractivity contribution in [3.05, 3.63) is 47.5 Å². The normalized spacial score (nSPS) is 25.6. The van der Waals surface area contributed by atoms with Crippen molar-refractivity contribution in [2.24, 2.45) is 0 Å². The molecule has 2 atom stereocenters. The summed E-state index contributed by atoms with van der Waals surface area (Å²) in [5.74, 6) is 1.31. The zero-order valence-corrected chi connectivity index (χ0v) is 9.09. The van der Waals surface area contributed by atoms with Gasteiger partial charge in [0, 0.05) is 5.92 Å². The van der Waals surface area contributed by atoms with E-state index in [1.807, 2.05) is 0 Å². The van der Waals surface area contributed by atoms with Crippen molar-refractivity contribution in [1.82, 2.24) is 0 Å². The maximum absolute atomic E-state index is 3.94. The van der Waals surface area contributed by atoms with Gasteiger partial charge in [-0.25, -0.2) is 0 Å². The summed E-state index contributed by atoms with van der Waals surface area (Å²) in [7, 11) is 0. The molecule has 0 bridgehead atoms. The average molecular weight is 186 g/mol. The molecule has 0 saturated carbocycles. The molecule has 1 aromatic rings. The van der Waals surface area contributed by atoms with Gasteiger partial charge in [0.15, 0.2) is 0 Å². The molecule has 0 aromatic heterocycles. The van der Waals surface area contributed by atoms with Gasteiger partial charge in [0.1, 0.15) is 0 Å². The minimum absolute atomic E-state index is 0.584. The van der Waals surface area contributed by atoms with Crippen LogP contribution in [0, 0.1) is 6.92 Å². The van der Waals surface area contributed by atoms with Crippen molar-refractivity contribution in [2.75, 3.05) is 0 Å². The second-order valence-corrected chi connectivity index (χ2v) is 4.45. The molecule has 1 aliphatic rings. The number of allylic oxidation sites excluding steroid dienone is 1. The maximum atomic E-state index is 3.94. The Balaban J connectivity index is 2.51. The second-order valence-electron chi connectivity index (χ2n) is 4.45. The minimum atomic E-state index is 0.584. The van der Waals surface area contributed by atoms with Gasteiger partial charge in [-0.15, -0.1) is 6.58 Å². The van der Waals surface area contributed by atoms with Crippen LogP contribution in [0.15, 0.2) is 30.9 Å². The lowest BCUT2D eigenvalue weighted by Gasteiger charge is -2.28. The lowest BCUT2D eigenvalue weighted by molar-refractivity contribution is 0.554. The van der Waals surface area contributed by atoms with Crippen molar-refractivity contribution in [2.45, 2.75) is 38.5 Å². The third-order valence-corrected chi connectivity index (χ3v) is 3.37. The Bertz CT molecular complexity index is 349. The lowest BCUT2D eigenvalue weighted by atomic mass is 9.77. The summed E-state index contributed by atoms with van der Waals surface area (Å²) < 4.78 is 0. The van der Waals surface area contributed by atoms with Gasteiger partial charge in [0.25, 0.3) is 0 Å². The van der Waals surface area contributed by atoms with Crippen LogP contribution >= 0.6 is 0 Å². The molecule has 0 nitrogen and oxygen atoms in total. The molecule has 0 spiro atoms. The number of hydrogen-bond acceptors (Lipinski definition) is 0. The molecule has 0 radical (unpaired) electrons. The van der Waals surface area contributed by atoms with Crippen LogP contribution in [-0.2, 0) is 0 Å². The first-order valence-corrected chi connectivity index (χ1v) is 5.45. The first-order chi connectivity index (χ1) is 6.72. The van der Waals surface area contributed by atoms with Crippen molar-refractivity contribution in [1.29, 1.82) is 0 Å². The Morgan fingerprint density at radius 3 is 2.79 bits per heavy atom. The standard InChI is InChI=1S/C14H18/c1-4-12-7-6-11(3)13-8-5-10(2)9-14(12)13/h4-5,8-9,11-12H,1,6-7H2,2-3H3/t11-,12-/m0/s1. The zero-order chi connectivity index (χ0) is 10.1. The fraction of sp³-hybridized carbons (Fsp3) is 0.429. The second kappa shape index (κ2) is 3.61. The number of benzene rings is 1. The Kier molecular flexibility index (Phi) is 2.45. The quantitative estimate of drug-likeness (QED) is 0.578. The highest BCUT2D eigenvalue weighted by Crippen LogP contribution is 2.39. The van der Waals surface area contributed by atoms with Crippen LogP contribution in [0.1, 0.15) is 48.3 Å². The largest absolute Gasteiger partial charge is 0.102 e. The summed E-state index contributed by atoms with van der Waals surface area (Å²) in [5.41, 5.74) is 4.41. The summed E-state index contributed by atoms with van der Waals surface area (Å²) in [4.78, 5) is 0. The Morgan fingerprint density at radius 2 is 2.07 bits per heavy atom. The zero-order valence-electron chi connectivity index (χ0n) is 9.09. The highest BCUT2D eigenvalue weighted by Gasteiger charge is 2.22. The van der Waals surface area contributed by atoms with Gasteiger partial charge in [-0.05, 0) is 36.8 Å². The summed E-state index contributed by atoms with van der Waals surface area (Å²) in [6.45, 7) is 8.43. The molecule has 0 heterocycles. The van der Waals surface area contributed by atoms with E-state index in [1.54, 1.807) is 0 Å². The highest BCUT2D eigenvalue weighted by atomic mass is 14.3. The van der Waals surface area contributed by atoms with Crippen molar-refractivity contribution in [3.63, 3.8) is 0 Å². The van der Waals surface area contributed by atoms with Crippen LogP contribution in [0.3, 0.4) is 0 Å². The smallest absolute Gasteiger partial charge is 0.00184 e. The van der Waals surface area contributed by atoms with Crippen LogP contribution < -0.4 is 0 Å². The SMILES string of the molecule is C=C[C@H]1CC[C@H](C)c2ccc(C)cc21. The van der Waals surface area contributed by atoms with E-state index in [4.69, 9.17) is 0 Å².